The van der Waals surface area contributed by atoms with E-state index in [-0.39, 0.29) is 6.04 Å². The fraction of sp³-hybridized carbons (Fsp3) is 0.125. The van der Waals surface area contributed by atoms with Gasteiger partial charge in [-0.1, -0.05) is 36.4 Å². The first kappa shape index (κ1) is 12.8. The van der Waals surface area contributed by atoms with Gasteiger partial charge in [-0.3, -0.25) is 4.98 Å². The van der Waals surface area contributed by atoms with Crippen LogP contribution in [0.3, 0.4) is 0 Å². The number of anilines is 1. The Kier molecular flexibility index (Phi) is 3.74. The summed E-state index contributed by atoms with van der Waals surface area (Å²) >= 11 is 1.61. The first-order valence-electron chi connectivity index (χ1n) is 6.51. The summed E-state index contributed by atoms with van der Waals surface area (Å²) in [7, 11) is 0. The summed E-state index contributed by atoms with van der Waals surface area (Å²) in [6.45, 7) is 2.14. The third kappa shape index (κ3) is 2.86. The topological polar surface area (TPSA) is 37.8 Å². The molecule has 20 heavy (non-hydrogen) atoms. The maximum Gasteiger partial charge on any atom is 0.183 e. The van der Waals surface area contributed by atoms with Crippen LogP contribution in [0.2, 0.25) is 0 Å². The van der Waals surface area contributed by atoms with Crippen LogP contribution in [0.4, 0.5) is 5.13 Å². The zero-order valence-corrected chi connectivity index (χ0v) is 12.0. The Balaban J connectivity index is 1.75. The number of nitrogens with one attached hydrogen (secondary N) is 1. The summed E-state index contributed by atoms with van der Waals surface area (Å²) in [5.41, 5.74) is 3.07. The lowest BCUT2D eigenvalue weighted by molar-refractivity contribution is 0.882. The molecule has 3 rings (SSSR count). The number of aromatic nitrogens is 2. The second-order valence-corrected chi connectivity index (χ2v) is 5.39. The molecule has 100 valence electrons. The van der Waals surface area contributed by atoms with Crippen LogP contribution in [0.25, 0.3) is 11.4 Å². The fourth-order valence-corrected chi connectivity index (χ4v) is 2.77. The Morgan fingerprint density at radius 1 is 1.00 bits per heavy atom. The Hall–Kier alpha value is -2.20. The standard InChI is InChI=1S/C16H15N3S/c1-12(13-7-3-2-4-8-13)18-16-19-15(11-20-16)14-9-5-6-10-17-14/h2-12H,1H3,(H,18,19). The first-order chi connectivity index (χ1) is 9.83. The summed E-state index contributed by atoms with van der Waals surface area (Å²) in [6, 6.07) is 16.4. The van der Waals surface area contributed by atoms with E-state index in [1.807, 2.05) is 29.6 Å². The molecule has 2 aromatic heterocycles. The van der Waals surface area contributed by atoms with E-state index in [0.29, 0.717) is 0 Å². The van der Waals surface area contributed by atoms with Crippen molar-refractivity contribution in [3.8, 4) is 11.4 Å². The Bertz CT molecular complexity index is 664. The number of pyridine rings is 1. The van der Waals surface area contributed by atoms with Gasteiger partial charge >= 0.3 is 0 Å². The van der Waals surface area contributed by atoms with E-state index in [1.54, 1.807) is 17.5 Å². The number of nitrogens with zero attached hydrogens (tertiary/aromatic N) is 2. The molecule has 1 atom stereocenters. The maximum absolute atomic E-state index is 4.59. The van der Waals surface area contributed by atoms with Gasteiger partial charge in [-0.15, -0.1) is 11.3 Å². The molecule has 0 radical (unpaired) electrons. The molecule has 1 unspecified atom stereocenters. The van der Waals surface area contributed by atoms with Crippen molar-refractivity contribution in [3.05, 3.63) is 65.7 Å². The quantitative estimate of drug-likeness (QED) is 0.771. The molecule has 0 saturated carbocycles. The van der Waals surface area contributed by atoms with E-state index < -0.39 is 0 Å². The molecule has 0 saturated heterocycles. The van der Waals surface area contributed by atoms with Gasteiger partial charge in [-0.05, 0) is 24.6 Å². The number of rotatable bonds is 4. The molecular weight excluding hydrogens is 266 g/mol. The molecule has 0 spiro atoms. The molecule has 4 heteroatoms. The lowest BCUT2D eigenvalue weighted by Gasteiger charge is -2.12. The predicted molar refractivity (Wildman–Crippen MR) is 83.8 cm³/mol. The molecule has 0 aliphatic carbocycles. The van der Waals surface area contributed by atoms with Crippen LogP contribution in [0.1, 0.15) is 18.5 Å². The van der Waals surface area contributed by atoms with Gasteiger partial charge in [0.05, 0.1) is 11.7 Å². The largest absolute Gasteiger partial charge is 0.355 e. The highest BCUT2D eigenvalue weighted by Crippen LogP contribution is 2.26. The van der Waals surface area contributed by atoms with E-state index in [2.05, 4.69) is 46.5 Å². The van der Waals surface area contributed by atoms with Gasteiger partial charge in [0.1, 0.15) is 5.69 Å². The van der Waals surface area contributed by atoms with Crippen molar-refractivity contribution < 1.29 is 0 Å². The third-order valence-corrected chi connectivity index (χ3v) is 3.84. The molecule has 2 heterocycles. The van der Waals surface area contributed by atoms with Gasteiger partial charge in [0.25, 0.3) is 0 Å². The monoisotopic (exact) mass is 281 g/mol. The predicted octanol–water partition coefficient (Wildman–Crippen LogP) is 4.38. The molecule has 1 N–H and O–H groups in total. The van der Waals surface area contributed by atoms with Crippen molar-refractivity contribution in [2.45, 2.75) is 13.0 Å². The van der Waals surface area contributed by atoms with Gasteiger partial charge in [-0.25, -0.2) is 4.98 Å². The van der Waals surface area contributed by atoms with E-state index in [9.17, 15) is 0 Å². The molecule has 0 aliphatic rings. The molecule has 0 amide bonds. The van der Waals surface area contributed by atoms with Crippen molar-refractivity contribution in [2.75, 3.05) is 5.32 Å². The van der Waals surface area contributed by atoms with Crippen LogP contribution < -0.4 is 5.32 Å². The van der Waals surface area contributed by atoms with Crippen molar-refractivity contribution in [3.63, 3.8) is 0 Å². The van der Waals surface area contributed by atoms with Gasteiger partial charge < -0.3 is 5.32 Å². The van der Waals surface area contributed by atoms with Crippen molar-refractivity contribution in [1.82, 2.24) is 9.97 Å². The summed E-state index contributed by atoms with van der Waals surface area (Å²) < 4.78 is 0. The van der Waals surface area contributed by atoms with Crippen LogP contribution in [0.15, 0.2) is 60.1 Å². The van der Waals surface area contributed by atoms with Crippen LogP contribution in [-0.4, -0.2) is 9.97 Å². The minimum atomic E-state index is 0.235. The SMILES string of the molecule is CC(Nc1nc(-c2ccccn2)cs1)c1ccccc1. The molecule has 3 nitrogen and oxygen atoms in total. The smallest absolute Gasteiger partial charge is 0.183 e. The summed E-state index contributed by atoms with van der Waals surface area (Å²) in [5, 5.41) is 6.38. The molecule has 3 aromatic rings. The van der Waals surface area contributed by atoms with E-state index in [0.717, 1.165) is 16.5 Å². The number of hydrogen-bond donors (Lipinski definition) is 1. The summed E-state index contributed by atoms with van der Waals surface area (Å²) in [6.07, 6.45) is 1.79. The lowest BCUT2D eigenvalue weighted by atomic mass is 10.1. The summed E-state index contributed by atoms with van der Waals surface area (Å²) in [4.78, 5) is 8.91. The average molecular weight is 281 g/mol. The lowest BCUT2D eigenvalue weighted by Crippen LogP contribution is -2.05. The van der Waals surface area contributed by atoms with Crippen LogP contribution in [-0.2, 0) is 0 Å². The Morgan fingerprint density at radius 3 is 2.55 bits per heavy atom. The number of thiazole rings is 1. The minimum Gasteiger partial charge on any atom is -0.355 e. The third-order valence-electron chi connectivity index (χ3n) is 3.07. The summed E-state index contributed by atoms with van der Waals surface area (Å²) in [5.74, 6) is 0. The second-order valence-electron chi connectivity index (χ2n) is 4.53. The number of hydrogen-bond acceptors (Lipinski definition) is 4. The van der Waals surface area contributed by atoms with Crippen LogP contribution in [0.5, 0.6) is 0 Å². The normalized spacial score (nSPS) is 12.1. The molecule has 0 fully saturated rings. The van der Waals surface area contributed by atoms with E-state index in [1.165, 1.54) is 5.56 Å². The van der Waals surface area contributed by atoms with E-state index in [4.69, 9.17) is 0 Å². The average Bonchev–Trinajstić information content (AvgIpc) is 2.97. The minimum absolute atomic E-state index is 0.235. The molecule has 0 aliphatic heterocycles. The van der Waals surface area contributed by atoms with Gasteiger partial charge in [-0.2, -0.15) is 0 Å². The van der Waals surface area contributed by atoms with Gasteiger partial charge in [0.15, 0.2) is 5.13 Å². The van der Waals surface area contributed by atoms with Gasteiger partial charge in [0, 0.05) is 11.6 Å². The first-order valence-corrected chi connectivity index (χ1v) is 7.39. The maximum atomic E-state index is 4.59. The zero-order valence-electron chi connectivity index (χ0n) is 11.2. The Morgan fingerprint density at radius 2 is 1.80 bits per heavy atom. The molecule has 0 bridgehead atoms. The van der Waals surface area contributed by atoms with Gasteiger partial charge in [0.2, 0.25) is 0 Å². The fourth-order valence-electron chi connectivity index (χ4n) is 1.98. The zero-order chi connectivity index (χ0) is 13.8. The van der Waals surface area contributed by atoms with Crippen LogP contribution >= 0.6 is 11.3 Å². The highest BCUT2D eigenvalue weighted by Gasteiger charge is 2.09. The van der Waals surface area contributed by atoms with E-state index >= 15 is 0 Å². The highest BCUT2D eigenvalue weighted by atomic mass is 32.1. The molecular formula is C16H15N3S. The highest BCUT2D eigenvalue weighted by molar-refractivity contribution is 7.14. The van der Waals surface area contributed by atoms with Crippen molar-refractivity contribution >= 4 is 16.5 Å². The number of benzene rings is 1. The molecule has 1 aromatic carbocycles. The van der Waals surface area contributed by atoms with Crippen molar-refractivity contribution in [2.24, 2.45) is 0 Å². The Labute approximate surface area is 122 Å². The second kappa shape index (κ2) is 5.84. The van der Waals surface area contributed by atoms with Crippen LogP contribution in [0, 0.1) is 0 Å². The van der Waals surface area contributed by atoms with Crippen molar-refractivity contribution in [1.29, 1.82) is 0 Å².